The first-order chi connectivity index (χ1) is 11.0. The lowest BCUT2D eigenvalue weighted by molar-refractivity contribution is -0.152. The molecule has 1 aromatic carbocycles. The Kier molecular flexibility index (Phi) is 6.20. The Morgan fingerprint density at radius 1 is 1.04 bits per heavy atom. The van der Waals surface area contributed by atoms with Gasteiger partial charge < -0.3 is 9.47 Å². The molecule has 1 aliphatic rings. The lowest BCUT2D eigenvalue weighted by Crippen LogP contribution is -2.22. The van der Waals surface area contributed by atoms with Gasteiger partial charge in [-0.3, -0.25) is 4.79 Å². The van der Waals surface area contributed by atoms with E-state index in [1.807, 2.05) is 32.9 Å². The third-order valence-electron chi connectivity index (χ3n) is 4.06. The van der Waals surface area contributed by atoms with Crippen LogP contribution < -0.4 is 0 Å². The lowest BCUT2D eigenvalue weighted by Gasteiger charge is -2.16. The molecule has 0 amide bonds. The molecule has 0 heterocycles. The van der Waals surface area contributed by atoms with Gasteiger partial charge in [0.15, 0.2) is 0 Å². The Balaban J connectivity index is 1.85. The number of carbonyl (C=O) groups excluding carboxylic acids is 2. The van der Waals surface area contributed by atoms with Crippen LogP contribution in [-0.2, 0) is 20.7 Å². The quantitative estimate of drug-likeness (QED) is 0.746. The first-order valence-electron chi connectivity index (χ1n) is 8.46. The van der Waals surface area contributed by atoms with E-state index in [9.17, 15) is 9.59 Å². The summed E-state index contributed by atoms with van der Waals surface area (Å²) in [6, 6.07) is 7.28. The SMILES string of the molecule is CC(C)OC(=O)c1ccc(CC(C)OC(=O)C2CCCC2)cc1. The molecule has 23 heavy (non-hydrogen) atoms. The molecule has 0 radical (unpaired) electrons. The van der Waals surface area contributed by atoms with Gasteiger partial charge in [0.05, 0.1) is 17.6 Å². The third-order valence-corrected chi connectivity index (χ3v) is 4.06. The monoisotopic (exact) mass is 318 g/mol. The van der Waals surface area contributed by atoms with Gasteiger partial charge in [-0.15, -0.1) is 0 Å². The summed E-state index contributed by atoms with van der Waals surface area (Å²) in [5.74, 6) is -0.287. The lowest BCUT2D eigenvalue weighted by atomic mass is 10.1. The summed E-state index contributed by atoms with van der Waals surface area (Å²) >= 11 is 0. The van der Waals surface area contributed by atoms with Gasteiger partial charge >= 0.3 is 11.9 Å². The molecule has 0 spiro atoms. The average Bonchev–Trinajstić information content (AvgIpc) is 3.01. The largest absolute Gasteiger partial charge is 0.462 e. The number of carbonyl (C=O) groups is 2. The minimum atomic E-state index is -0.313. The van der Waals surface area contributed by atoms with Gasteiger partial charge in [0.1, 0.15) is 6.10 Å². The molecule has 1 aliphatic carbocycles. The highest BCUT2D eigenvalue weighted by molar-refractivity contribution is 5.89. The Hall–Kier alpha value is -1.84. The van der Waals surface area contributed by atoms with E-state index in [0.717, 1.165) is 31.2 Å². The summed E-state index contributed by atoms with van der Waals surface area (Å²) in [7, 11) is 0. The van der Waals surface area contributed by atoms with Crippen molar-refractivity contribution in [1.29, 1.82) is 0 Å². The van der Waals surface area contributed by atoms with Crippen LogP contribution in [0.5, 0.6) is 0 Å². The number of hydrogen-bond acceptors (Lipinski definition) is 4. The van der Waals surface area contributed by atoms with E-state index in [0.29, 0.717) is 12.0 Å². The van der Waals surface area contributed by atoms with Crippen LogP contribution in [0.1, 0.15) is 62.4 Å². The first-order valence-corrected chi connectivity index (χ1v) is 8.46. The second-order valence-corrected chi connectivity index (χ2v) is 6.58. The zero-order chi connectivity index (χ0) is 16.8. The van der Waals surface area contributed by atoms with E-state index >= 15 is 0 Å². The molecule has 4 nitrogen and oxygen atoms in total. The summed E-state index contributed by atoms with van der Waals surface area (Å²) < 4.78 is 10.7. The fraction of sp³-hybridized carbons (Fsp3) is 0.579. The maximum Gasteiger partial charge on any atom is 0.338 e. The highest BCUT2D eigenvalue weighted by atomic mass is 16.5. The molecule has 0 aliphatic heterocycles. The summed E-state index contributed by atoms with van der Waals surface area (Å²) in [4.78, 5) is 23.8. The van der Waals surface area contributed by atoms with Crippen molar-refractivity contribution in [3.05, 3.63) is 35.4 Å². The van der Waals surface area contributed by atoms with Gasteiger partial charge in [0, 0.05) is 6.42 Å². The summed E-state index contributed by atoms with van der Waals surface area (Å²) in [6.45, 7) is 5.56. The third kappa shape index (κ3) is 5.38. The van der Waals surface area contributed by atoms with Crippen LogP contribution in [-0.4, -0.2) is 24.1 Å². The van der Waals surface area contributed by atoms with Gasteiger partial charge in [0.25, 0.3) is 0 Å². The number of ether oxygens (including phenoxy) is 2. The average molecular weight is 318 g/mol. The van der Waals surface area contributed by atoms with E-state index in [1.165, 1.54) is 0 Å². The Morgan fingerprint density at radius 2 is 1.65 bits per heavy atom. The fourth-order valence-corrected chi connectivity index (χ4v) is 2.89. The molecule has 1 aromatic rings. The summed E-state index contributed by atoms with van der Waals surface area (Å²) in [5, 5.41) is 0. The van der Waals surface area contributed by atoms with Gasteiger partial charge in [0.2, 0.25) is 0 Å². The van der Waals surface area contributed by atoms with E-state index in [2.05, 4.69) is 0 Å². The Morgan fingerprint density at radius 3 is 2.22 bits per heavy atom. The van der Waals surface area contributed by atoms with Crippen LogP contribution in [0.15, 0.2) is 24.3 Å². The Bertz CT molecular complexity index is 527. The molecule has 1 atom stereocenters. The van der Waals surface area contributed by atoms with E-state index in [1.54, 1.807) is 12.1 Å². The smallest absolute Gasteiger partial charge is 0.338 e. The van der Waals surface area contributed by atoms with Crippen LogP contribution in [0.2, 0.25) is 0 Å². The normalized spacial score (nSPS) is 16.3. The van der Waals surface area contributed by atoms with Crippen molar-refractivity contribution < 1.29 is 19.1 Å². The number of rotatable bonds is 6. The standard InChI is InChI=1S/C19H26O4/c1-13(2)22-18(20)17-10-8-15(9-11-17)12-14(3)23-19(21)16-6-4-5-7-16/h8-11,13-14,16H,4-7,12H2,1-3H3. The van der Waals surface area contributed by atoms with Gasteiger partial charge in [-0.05, 0) is 51.3 Å². The summed E-state index contributed by atoms with van der Waals surface area (Å²) in [6.07, 6.45) is 4.53. The number of benzene rings is 1. The second kappa shape index (κ2) is 8.14. The van der Waals surface area contributed by atoms with Gasteiger partial charge in [-0.25, -0.2) is 4.79 Å². The predicted octanol–water partition coefficient (Wildman–Crippen LogP) is 3.92. The van der Waals surface area contributed by atoms with Crippen molar-refractivity contribution in [1.82, 2.24) is 0 Å². The van der Waals surface area contributed by atoms with Crippen LogP contribution in [0, 0.1) is 5.92 Å². The highest BCUT2D eigenvalue weighted by Crippen LogP contribution is 2.26. The first kappa shape index (κ1) is 17.5. The van der Waals surface area contributed by atoms with Crippen molar-refractivity contribution in [2.45, 2.75) is 65.1 Å². The zero-order valence-corrected chi connectivity index (χ0v) is 14.2. The maximum atomic E-state index is 12.0. The molecular weight excluding hydrogens is 292 g/mol. The van der Waals surface area contributed by atoms with Crippen molar-refractivity contribution in [3.8, 4) is 0 Å². The zero-order valence-electron chi connectivity index (χ0n) is 14.2. The molecule has 0 aromatic heterocycles. The minimum absolute atomic E-state index is 0.0628. The molecular formula is C19H26O4. The van der Waals surface area contributed by atoms with Crippen molar-refractivity contribution in [3.63, 3.8) is 0 Å². The van der Waals surface area contributed by atoms with Crippen LogP contribution in [0.4, 0.5) is 0 Å². The molecule has 126 valence electrons. The number of hydrogen-bond donors (Lipinski definition) is 0. The Labute approximate surface area is 138 Å². The van der Waals surface area contributed by atoms with Gasteiger partial charge in [-0.1, -0.05) is 25.0 Å². The molecule has 1 unspecified atom stereocenters. The maximum absolute atomic E-state index is 12.0. The van der Waals surface area contributed by atoms with Gasteiger partial charge in [-0.2, -0.15) is 0 Å². The predicted molar refractivity (Wildman–Crippen MR) is 88.2 cm³/mol. The van der Waals surface area contributed by atoms with Crippen molar-refractivity contribution >= 4 is 11.9 Å². The minimum Gasteiger partial charge on any atom is -0.462 e. The number of esters is 2. The molecule has 2 rings (SSSR count). The van der Waals surface area contributed by atoms with Crippen molar-refractivity contribution in [2.75, 3.05) is 0 Å². The van der Waals surface area contributed by atoms with E-state index < -0.39 is 0 Å². The van der Waals surface area contributed by atoms with Crippen LogP contribution in [0.25, 0.3) is 0 Å². The molecule has 0 N–H and O–H groups in total. The van der Waals surface area contributed by atoms with Crippen molar-refractivity contribution in [2.24, 2.45) is 5.92 Å². The molecule has 4 heteroatoms. The summed E-state index contributed by atoms with van der Waals surface area (Å²) in [5.41, 5.74) is 1.58. The van der Waals surface area contributed by atoms with Crippen LogP contribution >= 0.6 is 0 Å². The molecule has 1 fully saturated rings. The topological polar surface area (TPSA) is 52.6 Å². The molecule has 0 saturated heterocycles. The molecule has 0 bridgehead atoms. The van der Waals surface area contributed by atoms with Crippen LogP contribution in [0.3, 0.4) is 0 Å². The highest BCUT2D eigenvalue weighted by Gasteiger charge is 2.25. The fourth-order valence-electron chi connectivity index (χ4n) is 2.89. The van der Waals surface area contributed by atoms with E-state index in [4.69, 9.17) is 9.47 Å². The van der Waals surface area contributed by atoms with E-state index in [-0.39, 0.29) is 30.1 Å². The molecule has 1 saturated carbocycles. The second-order valence-electron chi connectivity index (χ2n) is 6.58.